The summed E-state index contributed by atoms with van der Waals surface area (Å²) in [5, 5.41) is 10.6. The fraction of sp³-hybridized carbons (Fsp3) is 0.700. The zero-order chi connectivity index (χ0) is 9.97. The Bertz CT molecular complexity index is 326. The molecule has 0 unspecified atom stereocenters. The van der Waals surface area contributed by atoms with Crippen molar-refractivity contribution in [2.75, 3.05) is 0 Å². The molecule has 14 heavy (non-hydrogen) atoms. The Kier molecular flexibility index (Phi) is 2.61. The van der Waals surface area contributed by atoms with Crippen molar-refractivity contribution in [3.05, 3.63) is 11.4 Å². The van der Waals surface area contributed by atoms with Crippen molar-refractivity contribution in [2.45, 2.75) is 44.9 Å². The number of hydrogen-bond donors (Lipinski definition) is 1. The Labute approximate surface area is 83.1 Å². The second-order valence-electron chi connectivity index (χ2n) is 3.95. The van der Waals surface area contributed by atoms with Crippen molar-refractivity contribution in [2.24, 2.45) is 0 Å². The third kappa shape index (κ3) is 1.69. The second kappa shape index (κ2) is 3.90. The van der Waals surface area contributed by atoms with E-state index in [4.69, 9.17) is 0 Å². The zero-order valence-electron chi connectivity index (χ0n) is 8.42. The number of nitrogens with zero attached hydrogens (tertiary/aromatic N) is 2. The number of carbonyl (C=O) groups excluding carboxylic acids is 1. The van der Waals surface area contributed by atoms with Crippen molar-refractivity contribution < 1.29 is 4.79 Å². The van der Waals surface area contributed by atoms with Gasteiger partial charge in [-0.15, -0.1) is 0 Å². The van der Waals surface area contributed by atoms with Gasteiger partial charge in [0, 0.05) is 12.8 Å². The van der Waals surface area contributed by atoms with Crippen LogP contribution in [0.25, 0.3) is 0 Å². The Morgan fingerprint density at radius 3 is 2.64 bits per heavy atom. The lowest BCUT2D eigenvalue weighted by molar-refractivity contribution is 0.101. The lowest BCUT2D eigenvalue weighted by Crippen LogP contribution is -2.09. The standard InChI is InChI=1S/C10H15N3O/c1-7(14)9-10(12-13-11-9)8-5-3-2-4-6-8/h8H,2-6H2,1H3,(H,11,12,13). The molecule has 0 atom stereocenters. The summed E-state index contributed by atoms with van der Waals surface area (Å²) in [4.78, 5) is 11.2. The molecule has 1 fully saturated rings. The summed E-state index contributed by atoms with van der Waals surface area (Å²) in [6, 6.07) is 0. The highest BCUT2D eigenvalue weighted by Gasteiger charge is 2.23. The fourth-order valence-corrected chi connectivity index (χ4v) is 2.16. The summed E-state index contributed by atoms with van der Waals surface area (Å²) in [5.74, 6) is 0.459. The molecule has 2 rings (SSSR count). The van der Waals surface area contributed by atoms with Gasteiger partial charge in [0.1, 0.15) is 0 Å². The minimum atomic E-state index is 0.0133. The number of H-pyrrole nitrogens is 1. The summed E-state index contributed by atoms with van der Waals surface area (Å²) >= 11 is 0. The molecule has 0 aromatic carbocycles. The van der Waals surface area contributed by atoms with Crippen molar-refractivity contribution >= 4 is 5.78 Å². The van der Waals surface area contributed by atoms with Gasteiger partial charge < -0.3 is 0 Å². The molecule has 4 nitrogen and oxygen atoms in total. The van der Waals surface area contributed by atoms with Gasteiger partial charge in [-0.2, -0.15) is 15.4 Å². The van der Waals surface area contributed by atoms with Gasteiger partial charge in [0.05, 0.1) is 5.69 Å². The Morgan fingerprint density at radius 2 is 2.00 bits per heavy atom. The van der Waals surface area contributed by atoms with E-state index in [1.165, 1.54) is 19.3 Å². The van der Waals surface area contributed by atoms with Gasteiger partial charge in [-0.3, -0.25) is 4.79 Å². The van der Waals surface area contributed by atoms with E-state index < -0.39 is 0 Å². The largest absolute Gasteiger partial charge is 0.293 e. The first kappa shape index (κ1) is 9.37. The van der Waals surface area contributed by atoms with Gasteiger partial charge >= 0.3 is 0 Å². The molecule has 1 saturated carbocycles. The van der Waals surface area contributed by atoms with Crippen molar-refractivity contribution in [3.8, 4) is 0 Å². The topological polar surface area (TPSA) is 58.6 Å². The number of rotatable bonds is 2. The van der Waals surface area contributed by atoms with Crippen molar-refractivity contribution in [1.82, 2.24) is 15.4 Å². The maximum atomic E-state index is 11.2. The highest BCUT2D eigenvalue weighted by molar-refractivity contribution is 5.93. The molecule has 1 N–H and O–H groups in total. The third-order valence-electron chi connectivity index (χ3n) is 2.90. The van der Waals surface area contributed by atoms with Crippen LogP contribution < -0.4 is 0 Å². The van der Waals surface area contributed by atoms with Crippen LogP contribution in [0.4, 0.5) is 0 Å². The molecule has 0 spiro atoms. The summed E-state index contributed by atoms with van der Waals surface area (Å²) in [6.45, 7) is 1.55. The second-order valence-corrected chi connectivity index (χ2v) is 3.95. The molecule has 0 amide bonds. The van der Waals surface area contributed by atoms with Crippen LogP contribution in [0.1, 0.15) is 61.1 Å². The molecule has 1 aromatic heterocycles. The average molecular weight is 193 g/mol. The van der Waals surface area contributed by atoms with Crippen LogP contribution in [0.2, 0.25) is 0 Å². The number of ketones is 1. The van der Waals surface area contributed by atoms with Crippen LogP contribution in [-0.4, -0.2) is 21.2 Å². The van der Waals surface area contributed by atoms with Gasteiger partial charge in [0.15, 0.2) is 11.5 Å². The van der Waals surface area contributed by atoms with E-state index >= 15 is 0 Å². The van der Waals surface area contributed by atoms with Gasteiger partial charge in [0.25, 0.3) is 0 Å². The predicted octanol–water partition coefficient (Wildman–Crippen LogP) is 2.05. The van der Waals surface area contributed by atoms with E-state index in [1.807, 2.05) is 0 Å². The number of Topliss-reactive ketones (excluding diaryl/α,β-unsaturated/α-hetero) is 1. The quantitative estimate of drug-likeness (QED) is 0.731. The zero-order valence-corrected chi connectivity index (χ0v) is 8.42. The molecule has 0 aliphatic heterocycles. The molecular weight excluding hydrogens is 178 g/mol. The average Bonchev–Trinajstić information content (AvgIpc) is 2.67. The molecule has 4 heteroatoms. The summed E-state index contributed by atoms with van der Waals surface area (Å²) < 4.78 is 0. The summed E-state index contributed by atoms with van der Waals surface area (Å²) in [5.41, 5.74) is 1.43. The Hall–Kier alpha value is -1.19. The minimum absolute atomic E-state index is 0.0133. The normalized spacial score (nSPS) is 18.4. The fourth-order valence-electron chi connectivity index (χ4n) is 2.16. The summed E-state index contributed by atoms with van der Waals surface area (Å²) in [7, 11) is 0. The molecule has 0 bridgehead atoms. The van der Waals surface area contributed by atoms with E-state index in [9.17, 15) is 4.79 Å². The molecule has 1 aliphatic rings. The Morgan fingerprint density at radius 1 is 1.29 bits per heavy atom. The van der Waals surface area contributed by atoms with E-state index in [1.54, 1.807) is 6.92 Å². The lowest BCUT2D eigenvalue weighted by atomic mass is 9.86. The summed E-state index contributed by atoms with van der Waals surface area (Å²) in [6.07, 6.45) is 6.09. The number of hydrogen-bond acceptors (Lipinski definition) is 3. The molecule has 1 heterocycles. The van der Waals surface area contributed by atoms with Gasteiger partial charge in [-0.25, -0.2) is 0 Å². The number of nitrogens with one attached hydrogen (secondary N) is 1. The van der Waals surface area contributed by atoms with E-state index in [-0.39, 0.29) is 5.78 Å². The van der Waals surface area contributed by atoms with Crippen LogP contribution in [0.3, 0.4) is 0 Å². The van der Waals surface area contributed by atoms with Crippen LogP contribution >= 0.6 is 0 Å². The number of carbonyl (C=O) groups is 1. The molecule has 1 aliphatic carbocycles. The van der Waals surface area contributed by atoms with E-state index in [0.717, 1.165) is 18.5 Å². The van der Waals surface area contributed by atoms with Gasteiger partial charge in [-0.1, -0.05) is 19.3 Å². The first-order chi connectivity index (χ1) is 6.79. The Balaban J connectivity index is 2.21. The first-order valence-corrected chi connectivity index (χ1v) is 5.20. The van der Waals surface area contributed by atoms with Gasteiger partial charge in [0.2, 0.25) is 0 Å². The highest BCUT2D eigenvalue weighted by Crippen LogP contribution is 2.32. The first-order valence-electron chi connectivity index (χ1n) is 5.20. The van der Waals surface area contributed by atoms with Crippen LogP contribution in [0.15, 0.2) is 0 Å². The number of aromatic amines is 1. The SMILES string of the molecule is CC(=O)c1n[nH]nc1C1CCCCC1. The maximum absolute atomic E-state index is 11.2. The van der Waals surface area contributed by atoms with Gasteiger partial charge in [-0.05, 0) is 12.8 Å². The molecule has 0 radical (unpaired) electrons. The van der Waals surface area contributed by atoms with Crippen molar-refractivity contribution in [3.63, 3.8) is 0 Å². The molecule has 76 valence electrons. The van der Waals surface area contributed by atoms with E-state index in [0.29, 0.717) is 11.6 Å². The monoisotopic (exact) mass is 193 g/mol. The van der Waals surface area contributed by atoms with Crippen molar-refractivity contribution in [1.29, 1.82) is 0 Å². The highest BCUT2D eigenvalue weighted by atomic mass is 16.1. The molecular formula is C10H15N3O. The van der Waals surface area contributed by atoms with E-state index in [2.05, 4.69) is 15.4 Å². The van der Waals surface area contributed by atoms with Crippen LogP contribution in [-0.2, 0) is 0 Å². The van der Waals surface area contributed by atoms with Crippen LogP contribution in [0.5, 0.6) is 0 Å². The predicted molar refractivity (Wildman–Crippen MR) is 52.2 cm³/mol. The third-order valence-corrected chi connectivity index (χ3v) is 2.90. The van der Waals surface area contributed by atoms with Crippen LogP contribution in [0, 0.1) is 0 Å². The number of aromatic nitrogens is 3. The minimum Gasteiger partial charge on any atom is -0.293 e. The smallest absolute Gasteiger partial charge is 0.181 e. The molecule has 0 saturated heterocycles. The lowest BCUT2D eigenvalue weighted by Gasteiger charge is -2.19. The maximum Gasteiger partial charge on any atom is 0.181 e. The molecule has 1 aromatic rings.